The fourth-order valence-corrected chi connectivity index (χ4v) is 2.66. The van der Waals surface area contributed by atoms with Crippen LogP contribution in [0.3, 0.4) is 0 Å². The van der Waals surface area contributed by atoms with Gasteiger partial charge >= 0.3 is 5.97 Å². The average Bonchev–Trinajstić information content (AvgIpc) is 2.74. The van der Waals surface area contributed by atoms with Gasteiger partial charge in [0.15, 0.2) is 11.5 Å². The van der Waals surface area contributed by atoms with Gasteiger partial charge in [0.05, 0.1) is 19.9 Å². The fraction of sp³-hybridized carbons (Fsp3) is 0.348. The van der Waals surface area contributed by atoms with Crippen LogP contribution in [0.1, 0.15) is 55.5 Å². The number of unbranched alkanes of at least 4 members (excludes halogenated alkanes) is 3. The molecular weight excluding hydrogens is 384 g/mol. The number of hydrogen-bond acceptors (Lipinski definition) is 6. The Bertz CT molecular complexity index is 862. The Morgan fingerprint density at radius 1 is 1.03 bits per heavy atom. The first-order chi connectivity index (χ1) is 14.5. The average molecular weight is 412 g/mol. The molecule has 2 rings (SSSR count). The highest BCUT2D eigenvalue weighted by atomic mass is 16.6. The van der Waals surface area contributed by atoms with Gasteiger partial charge in [-0.1, -0.05) is 26.2 Å². The highest BCUT2D eigenvalue weighted by Gasteiger charge is 2.08. The van der Waals surface area contributed by atoms with Crippen molar-refractivity contribution in [3.8, 4) is 17.2 Å². The number of methoxy groups -OCH3 is 1. The van der Waals surface area contributed by atoms with Gasteiger partial charge in [-0.3, -0.25) is 9.59 Å². The Hall–Kier alpha value is -3.35. The largest absolute Gasteiger partial charge is 0.494 e. The van der Waals surface area contributed by atoms with E-state index in [0.717, 1.165) is 18.6 Å². The summed E-state index contributed by atoms with van der Waals surface area (Å²) in [7, 11) is 1.48. The molecule has 2 aromatic rings. The van der Waals surface area contributed by atoms with Gasteiger partial charge in [0.2, 0.25) is 0 Å². The van der Waals surface area contributed by atoms with Crippen molar-refractivity contribution in [1.29, 1.82) is 0 Å². The van der Waals surface area contributed by atoms with Gasteiger partial charge in [-0.2, -0.15) is 5.10 Å². The summed E-state index contributed by atoms with van der Waals surface area (Å²) in [5.41, 5.74) is 3.64. The van der Waals surface area contributed by atoms with Crippen LogP contribution in [-0.2, 0) is 4.79 Å². The third kappa shape index (κ3) is 7.58. The number of esters is 1. The molecule has 0 bridgehead atoms. The highest BCUT2D eigenvalue weighted by molar-refractivity contribution is 5.95. The molecule has 7 nitrogen and oxygen atoms in total. The molecule has 0 aromatic heterocycles. The maximum atomic E-state index is 12.2. The van der Waals surface area contributed by atoms with Crippen LogP contribution in [0.25, 0.3) is 0 Å². The minimum atomic E-state index is -0.435. The Balaban J connectivity index is 1.87. The number of nitrogens with one attached hydrogen (secondary N) is 1. The van der Waals surface area contributed by atoms with E-state index in [4.69, 9.17) is 14.2 Å². The summed E-state index contributed by atoms with van der Waals surface area (Å²) in [6, 6.07) is 11.9. The summed E-state index contributed by atoms with van der Waals surface area (Å²) >= 11 is 0. The van der Waals surface area contributed by atoms with Gasteiger partial charge < -0.3 is 14.2 Å². The first kappa shape index (κ1) is 22.9. The van der Waals surface area contributed by atoms with E-state index < -0.39 is 5.97 Å². The number of benzene rings is 2. The molecule has 0 spiro atoms. The summed E-state index contributed by atoms with van der Waals surface area (Å²) in [6.07, 6.45) is 6.07. The molecule has 160 valence electrons. The summed E-state index contributed by atoms with van der Waals surface area (Å²) in [5.74, 6) is 0.690. The van der Waals surface area contributed by atoms with Crippen LogP contribution in [0, 0.1) is 0 Å². The topological polar surface area (TPSA) is 86.2 Å². The van der Waals surface area contributed by atoms with Crippen LogP contribution < -0.4 is 19.6 Å². The molecule has 0 atom stereocenters. The van der Waals surface area contributed by atoms with E-state index in [2.05, 4.69) is 17.5 Å². The van der Waals surface area contributed by atoms with Gasteiger partial charge in [0.25, 0.3) is 5.91 Å². The van der Waals surface area contributed by atoms with E-state index in [9.17, 15) is 9.59 Å². The predicted molar refractivity (Wildman–Crippen MR) is 115 cm³/mol. The molecule has 0 aliphatic carbocycles. The molecule has 0 unspecified atom stereocenters. The number of rotatable bonds is 11. The van der Waals surface area contributed by atoms with Crippen molar-refractivity contribution in [3.05, 3.63) is 53.6 Å². The van der Waals surface area contributed by atoms with Crippen LogP contribution in [0.4, 0.5) is 0 Å². The summed E-state index contributed by atoms with van der Waals surface area (Å²) in [5, 5.41) is 3.97. The standard InChI is InChI=1S/C23H28N2O5/c1-4-5-6-7-14-29-20-11-9-19(10-12-20)23(27)25-24-16-18-8-13-21(30-17(2)26)22(15-18)28-3/h8-13,15-16H,4-7,14H2,1-3H3,(H,25,27)/b24-16+. The monoisotopic (exact) mass is 412 g/mol. The normalized spacial score (nSPS) is 10.6. The molecule has 0 radical (unpaired) electrons. The molecule has 7 heteroatoms. The number of hydrogen-bond donors (Lipinski definition) is 1. The second kappa shape index (κ2) is 12.3. The Labute approximate surface area is 177 Å². The van der Waals surface area contributed by atoms with Crippen molar-refractivity contribution in [2.45, 2.75) is 39.5 Å². The van der Waals surface area contributed by atoms with E-state index in [1.807, 2.05) is 0 Å². The zero-order chi connectivity index (χ0) is 21.8. The van der Waals surface area contributed by atoms with E-state index >= 15 is 0 Å². The molecule has 0 saturated heterocycles. The summed E-state index contributed by atoms with van der Waals surface area (Å²) in [4.78, 5) is 23.3. The van der Waals surface area contributed by atoms with Crippen LogP contribution in [-0.4, -0.2) is 31.8 Å². The second-order valence-electron chi connectivity index (χ2n) is 6.64. The van der Waals surface area contributed by atoms with Crippen LogP contribution >= 0.6 is 0 Å². The van der Waals surface area contributed by atoms with Gasteiger partial charge in [0.1, 0.15) is 5.75 Å². The van der Waals surface area contributed by atoms with Crippen molar-refractivity contribution in [2.75, 3.05) is 13.7 Å². The van der Waals surface area contributed by atoms with Crippen molar-refractivity contribution in [3.63, 3.8) is 0 Å². The number of nitrogens with zero attached hydrogens (tertiary/aromatic N) is 1. The van der Waals surface area contributed by atoms with Gasteiger partial charge in [-0.05, 0) is 54.4 Å². The predicted octanol–water partition coefficient (Wildman–Crippen LogP) is 4.34. The molecule has 30 heavy (non-hydrogen) atoms. The number of amides is 1. The van der Waals surface area contributed by atoms with Crippen LogP contribution in [0.2, 0.25) is 0 Å². The third-order valence-electron chi connectivity index (χ3n) is 4.20. The quantitative estimate of drug-likeness (QED) is 0.195. The van der Waals surface area contributed by atoms with Crippen molar-refractivity contribution >= 4 is 18.1 Å². The maximum absolute atomic E-state index is 12.2. The molecule has 0 aliphatic rings. The molecule has 0 saturated carbocycles. The first-order valence-electron chi connectivity index (χ1n) is 9.96. The maximum Gasteiger partial charge on any atom is 0.308 e. The van der Waals surface area contributed by atoms with E-state index in [1.54, 1.807) is 42.5 Å². The first-order valence-corrected chi connectivity index (χ1v) is 9.96. The van der Waals surface area contributed by atoms with Crippen LogP contribution in [0.5, 0.6) is 17.2 Å². The smallest absolute Gasteiger partial charge is 0.308 e. The molecule has 1 N–H and O–H groups in total. The fourth-order valence-electron chi connectivity index (χ4n) is 2.66. The van der Waals surface area contributed by atoms with Crippen molar-refractivity contribution in [1.82, 2.24) is 5.43 Å². The lowest BCUT2D eigenvalue weighted by molar-refractivity contribution is -0.132. The molecule has 0 aliphatic heterocycles. The highest BCUT2D eigenvalue weighted by Crippen LogP contribution is 2.27. The van der Waals surface area contributed by atoms with Crippen molar-refractivity contribution in [2.24, 2.45) is 5.10 Å². The lowest BCUT2D eigenvalue weighted by atomic mass is 10.2. The summed E-state index contributed by atoms with van der Waals surface area (Å²) in [6.45, 7) is 4.17. The van der Waals surface area contributed by atoms with Gasteiger partial charge in [-0.15, -0.1) is 0 Å². The van der Waals surface area contributed by atoms with Gasteiger partial charge in [-0.25, -0.2) is 5.43 Å². The Morgan fingerprint density at radius 3 is 2.47 bits per heavy atom. The van der Waals surface area contributed by atoms with Crippen molar-refractivity contribution < 1.29 is 23.8 Å². The Kier molecular flexibility index (Phi) is 9.37. The minimum absolute atomic E-state index is 0.318. The molecule has 2 aromatic carbocycles. The third-order valence-corrected chi connectivity index (χ3v) is 4.20. The lowest BCUT2D eigenvalue weighted by Gasteiger charge is -2.08. The molecule has 0 fully saturated rings. The number of carbonyl (C=O) groups excluding carboxylic acids is 2. The Morgan fingerprint density at radius 2 is 1.80 bits per heavy atom. The van der Waals surface area contributed by atoms with Gasteiger partial charge in [0, 0.05) is 12.5 Å². The van der Waals surface area contributed by atoms with E-state index in [0.29, 0.717) is 29.2 Å². The molecule has 0 heterocycles. The van der Waals surface area contributed by atoms with E-state index in [-0.39, 0.29) is 5.91 Å². The minimum Gasteiger partial charge on any atom is -0.494 e. The second-order valence-corrected chi connectivity index (χ2v) is 6.64. The zero-order valence-electron chi connectivity index (χ0n) is 17.6. The zero-order valence-corrected chi connectivity index (χ0v) is 17.6. The summed E-state index contributed by atoms with van der Waals surface area (Å²) < 4.78 is 15.9. The lowest BCUT2D eigenvalue weighted by Crippen LogP contribution is -2.17. The number of ether oxygens (including phenoxy) is 3. The number of carbonyl (C=O) groups is 2. The molecular formula is C23H28N2O5. The SMILES string of the molecule is CCCCCCOc1ccc(C(=O)N/N=C/c2ccc(OC(C)=O)c(OC)c2)cc1. The molecule has 1 amide bonds. The number of hydrazone groups is 1. The van der Waals surface area contributed by atoms with Crippen LogP contribution in [0.15, 0.2) is 47.6 Å². The van der Waals surface area contributed by atoms with E-state index in [1.165, 1.54) is 33.1 Å².